The van der Waals surface area contributed by atoms with E-state index in [0.717, 1.165) is 0 Å². The van der Waals surface area contributed by atoms with Crippen molar-refractivity contribution in [1.29, 1.82) is 5.26 Å². The van der Waals surface area contributed by atoms with E-state index < -0.39 is 5.92 Å². The molecule has 0 amide bonds. The van der Waals surface area contributed by atoms with Gasteiger partial charge in [0, 0.05) is 27.2 Å². The van der Waals surface area contributed by atoms with E-state index in [4.69, 9.17) is 33.7 Å². The number of ether oxygens (including phenoxy) is 1. The smallest absolute Gasteiger partial charge is 0.205 e. The van der Waals surface area contributed by atoms with Gasteiger partial charge in [0.15, 0.2) is 0 Å². The number of rotatable bonds is 1. The maximum Gasteiger partial charge on any atom is 0.205 e. The lowest BCUT2D eigenvalue weighted by molar-refractivity contribution is 0.388. The van der Waals surface area contributed by atoms with Gasteiger partial charge in [0.25, 0.3) is 0 Å². The number of hydrogen-bond donors (Lipinski definition) is 2. The Labute approximate surface area is 136 Å². The molecular formula is C16H10Cl2N2O2. The van der Waals surface area contributed by atoms with Gasteiger partial charge in [-0.15, -0.1) is 0 Å². The molecule has 0 bridgehead atoms. The molecule has 0 saturated carbocycles. The van der Waals surface area contributed by atoms with Crippen LogP contribution in [-0.4, -0.2) is 5.11 Å². The molecule has 6 heteroatoms. The van der Waals surface area contributed by atoms with Gasteiger partial charge < -0.3 is 15.6 Å². The van der Waals surface area contributed by atoms with Crippen molar-refractivity contribution in [1.82, 2.24) is 0 Å². The van der Waals surface area contributed by atoms with Crippen LogP contribution in [0.1, 0.15) is 17.0 Å². The Morgan fingerprint density at radius 3 is 2.50 bits per heavy atom. The van der Waals surface area contributed by atoms with Gasteiger partial charge in [0.1, 0.15) is 23.1 Å². The number of hydrogen-bond acceptors (Lipinski definition) is 4. The lowest BCUT2D eigenvalue weighted by atomic mass is 9.83. The van der Waals surface area contributed by atoms with E-state index in [2.05, 4.69) is 6.07 Å². The molecule has 1 heterocycles. The lowest BCUT2D eigenvalue weighted by Gasteiger charge is -2.27. The van der Waals surface area contributed by atoms with Crippen LogP contribution in [0.25, 0.3) is 0 Å². The SMILES string of the molecule is N#CC1=C(N)Oc2cc(O)ccc2[C@@H]1c1c(Cl)cccc1Cl. The quantitative estimate of drug-likeness (QED) is 0.829. The fraction of sp³-hybridized carbons (Fsp3) is 0.0625. The number of nitriles is 1. The standard InChI is InChI=1S/C16H10Cl2N2O2/c17-11-2-1-3-12(18)15(11)14-9-5-4-8(21)6-13(9)22-16(20)10(14)7-19/h1-6,14,21H,20H2/t14-/m0/s1. The Bertz CT molecular complexity index is 820. The van der Waals surface area contributed by atoms with Crippen LogP contribution in [0.5, 0.6) is 11.5 Å². The molecule has 0 aliphatic carbocycles. The molecule has 1 atom stereocenters. The Kier molecular flexibility index (Phi) is 3.61. The minimum atomic E-state index is -0.546. The molecule has 0 saturated heterocycles. The summed E-state index contributed by atoms with van der Waals surface area (Å²) in [6, 6.07) is 11.8. The van der Waals surface area contributed by atoms with E-state index >= 15 is 0 Å². The topological polar surface area (TPSA) is 79.3 Å². The number of allylic oxidation sites excluding steroid dienone is 1. The normalized spacial score (nSPS) is 16.7. The van der Waals surface area contributed by atoms with Crippen molar-refractivity contribution >= 4 is 23.2 Å². The van der Waals surface area contributed by atoms with Crippen LogP contribution in [0.4, 0.5) is 0 Å². The van der Waals surface area contributed by atoms with Crippen molar-refractivity contribution in [2.75, 3.05) is 0 Å². The molecule has 3 rings (SSSR count). The second-order valence-corrected chi connectivity index (χ2v) is 5.60. The zero-order chi connectivity index (χ0) is 15.9. The first-order valence-corrected chi connectivity index (χ1v) is 7.13. The summed E-state index contributed by atoms with van der Waals surface area (Å²) in [6.45, 7) is 0. The zero-order valence-electron chi connectivity index (χ0n) is 11.2. The van der Waals surface area contributed by atoms with Crippen molar-refractivity contribution in [3.8, 4) is 17.6 Å². The van der Waals surface area contributed by atoms with Crippen LogP contribution in [0.15, 0.2) is 47.9 Å². The van der Waals surface area contributed by atoms with Crippen molar-refractivity contribution in [3.05, 3.63) is 69.0 Å². The maximum atomic E-state index is 9.61. The zero-order valence-corrected chi connectivity index (χ0v) is 12.7. The first-order valence-electron chi connectivity index (χ1n) is 6.37. The van der Waals surface area contributed by atoms with Crippen molar-refractivity contribution in [2.45, 2.75) is 5.92 Å². The summed E-state index contributed by atoms with van der Waals surface area (Å²) in [6.07, 6.45) is 0. The Hall–Kier alpha value is -2.35. The summed E-state index contributed by atoms with van der Waals surface area (Å²) in [5, 5.41) is 19.9. The second kappa shape index (κ2) is 5.45. The van der Waals surface area contributed by atoms with Gasteiger partial charge in [0.2, 0.25) is 5.88 Å². The molecule has 1 aliphatic rings. The van der Waals surface area contributed by atoms with Crippen LogP contribution in [-0.2, 0) is 0 Å². The predicted molar refractivity (Wildman–Crippen MR) is 83.9 cm³/mol. The average Bonchev–Trinajstić information content (AvgIpc) is 2.46. The number of phenolic OH excluding ortho intramolecular Hbond substituents is 1. The highest BCUT2D eigenvalue weighted by Gasteiger charge is 2.33. The first kappa shape index (κ1) is 14.6. The van der Waals surface area contributed by atoms with E-state index in [1.807, 2.05) is 0 Å². The molecule has 2 aromatic rings. The molecule has 4 nitrogen and oxygen atoms in total. The molecule has 22 heavy (non-hydrogen) atoms. The number of aromatic hydroxyl groups is 1. The fourth-order valence-electron chi connectivity index (χ4n) is 2.53. The van der Waals surface area contributed by atoms with Crippen LogP contribution in [0.3, 0.4) is 0 Å². The third-order valence-corrected chi connectivity index (χ3v) is 4.15. The summed E-state index contributed by atoms with van der Waals surface area (Å²) >= 11 is 12.6. The number of halogens is 2. The fourth-order valence-corrected chi connectivity index (χ4v) is 3.14. The van der Waals surface area contributed by atoms with Crippen LogP contribution in [0.2, 0.25) is 10.0 Å². The van der Waals surface area contributed by atoms with Crippen molar-refractivity contribution in [2.24, 2.45) is 5.73 Å². The van der Waals surface area contributed by atoms with Crippen molar-refractivity contribution < 1.29 is 9.84 Å². The average molecular weight is 333 g/mol. The molecular weight excluding hydrogens is 323 g/mol. The summed E-state index contributed by atoms with van der Waals surface area (Å²) in [5.74, 6) is -0.161. The van der Waals surface area contributed by atoms with E-state index in [1.54, 1.807) is 24.3 Å². The highest BCUT2D eigenvalue weighted by Crippen LogP contribution is 2.47. The number of fused-ring (bicyclic) bond motifs is 1. The number of nitrogens with zero attached hydrogens (tertiary/aromatic N) is 1. The number of benzene rings is 2. The summed E-state index contributed by atoms with van der Waals surface area (Å²) < 4.78 is 5.44. The molecule has 0 aromatic heterocycles. The van der Waals surface area contributed by atoms with Gasteiger partial charge in [-0.3, -0.25) is 0 Å². The van der Waals surface area contributed by atoms with Gasteiger partial charge >= 0.3 is 0 Å². The van der Waals surface area contributed by atoms with E-state index in [0.29, 0.717) is 26.9 Å². The molecule has 0 radical (unpaired) electrons. The summed E-state index contributed by atoms with van der Waals surface area (Å²) in [7, 11) is 0. The predicted octanol–water partition coefficient (Wildman–Crippen LogP) is 3.92. The molecule has 0 unspecified atom stereocenters. The van der Waals surface area contributed by atoms with Crippen LogP contribution >= 0.6 is 23.2 Å². The summed E-state index contributed by atoms with van der Waals surface area (Å²) in [5.41, 5.74) is 7.33. The highest BCUT2D eigenvalue weighted by molar-refractivity contribution is 6.36. The first-order chi connectivity index (χ1) is 10.5. The Morgan fingerprint density at radius 1 is 1.18 bits per heavy atom. The van der Waals surface area contributed by atoms with E-state index in [9.17, 15) is 10.4 Å². The van der Waals surface area contributed by atoms with Gasteiger partial charge in [-0.25, -0.2) is 0 Å². The molecule has 2 aromatic carbocycles. The Morgan fingerprint density at radius 2 is 1.86 bits per heavy atom. The summed E-state index contributed by atoms with van der Waals surface area (Å²) in [4.78, 5) is 0. The van der Waals surface area contributed by atoms with Crippen LogP contribution in [0, 0.1) is 11.3 Å². The van der Waals surface area contributed by atoms with Gasteiger partial charge in [-0.1, -0.05) is 35.3 Å². The van der Waals surface area contributed by atoms with E-state index in [1.165, 1.54) is 12.1 Å². The minimum Gasteiger partial charge on any atom is -0.508 e. The van der Waals surface area contributed by atoms with Crippen molar-refractivity contribution in [3.63, 3.8) is 0 Å². The van der Waals surface area contributed by atoms with Crippen LogP contribution < -0.4 is 10.5 Å². The van der Waals surface area contributed by atoms with E-state index in [-0.39, 0.29) is 17.2 Å². The molecule has 1 aliphatic heterocycles. The third-order valence-electron chi connectivity index (χ3n) is 3.49. The minimum absolute atomic E-state index is 0.0263. The number of phenols is 1. The van der Waals surface area contributed by atoms with Gasteiger partial charge in [0.05, 0.1) is 5.92 Å². The third kappa shape index (κ3) is 2.25. The number of nitrogens with two attached hydrogens (primary N) is 1. The van der Waals surface area contributed by atoms with Gasteiger partial charge in [-0.2, -0.15) is 5.26 Å². The molecule has 0 fully saturated rings. The lowest BCUT2D eigenvalue weighted by Crippen LogP contribution is -2.21. The molecule has 110 valence electrons. The Balaban J connectivity index is 2.31. The highest BCUT2D eigenvalue weighted by atomic mass is 35.5. The maximum absolute atomic E-state index is 9.61. The van der Waals surface area contributed by atoms with Gasteiger partial charge in [-0.05, 0) is 18.2 Å². The monoisotopic (exact) mass is 332 g/mol. The molecule has 3 N–H and O–H groups in total. The molecule has 0 spiro atoms. The second-order valence-electron chi connectivity index (χ2n) is 4.78. The largest absolute Gasteiger partial charge is 0.508 e.